The Morgan fingerprint density at radius 1 is 1.25 bits per heavy atom. The topological polar surface area (TPSA) is 98.2 Å². The highest BCUT2D eigenvalue weighted by molar-refractivity contribution is 6.00. The molecule has 1 rings (SSSR count). The van der Waals surface area contributed by atoms with E-state index in [-0.39, 0.29) is 5.91 Å². The van der Waals surface area contributed by atoms with E-state index in [4.69, 9.17) is 11.5 Å². The van der Waals surface area contributed by atoms with Crippen molar-refractivity contribution in [2.75, 3.05) is 11.9 Å². The molecule has 0 aliphatic carbocycles. The molecule has 0 saturated heterocycles. The number of amides is 2. The molecule has 5 N–H and O–H groups in total. The van der Waals surface area contributed by atoms with Crippen molar-refractivity contribution in [1.82, 2.24) is 0 Å². The third-order valence-corrected chi connectivity index (χ3v) is 4.07. The molecule has 1 aromatic carbocycles. The number of hydrogen-bond donors (Lipinski definition) is 3. The van der Waals surface area contributed by atoms with Gasteiger partial charge in [0.2, 0.25) is 11.8 Å². The lowest BCUT2D eigenvalue weighted by Gasteiger charge is -2.29. The van der Waals surface area contributed by atoms with Crippen molar-refractivity contribution in [3.8, 4) is 0 Å². The van der Waals surface area contributed by atoms with E-state index in [0.29, 0.717) is 36.2 Å². The number of benzene rings is 1. The van der Waals surface area contributed by atoms with E-state index in [9.17, 15) is 9.59 Å². The molecule has 0 aliphatic rings. The van der Waals surface area contributed by atoms with Crippen molar-refractivity contribution in [2.45, 2.75) is 33.6 Å². The van der Waals surface area contributed by atoms with E-state index in [1.165, 1.54) is 0 Å². The van der Waals surface area contributed by atoms with Gasteiger partial charge in [0, 0.05) is 17.8 Å². The molecule has 2 amide bonds. The number of nitrogens with two attached hydrogens (primary N) is 2. The van der Waals surface area contributed by atoms with Gasteiger partial charge in [0.1, 0.15) is 0 Å². The summed E-state index contributed by atoms with van der Waals surface area (Å²) in [5, 5.41) is 2.87. The van der Waals surface area contributed by atoms with E-state index in [1.54, 1.807) is 25.1 Å². The van der Waals surface area contributed by atoms with Crippen LogP contribution in [0.2, 0.25) is 0 Å². The highest BCUT2D eigenvalue weighted by Gasteiger charge is 2.33. The van der Waals surface area contributed by atoms with Crippen LogP contribution in [0.4, 0.5) is 5.69 Å². The Morgan fingerprint density at radius 2 is 1.85 bits per heavy atom. The molecule has 0 radical (unpaired) electrons. The third-order valence-electron chi connectivity index (χ3n) is 4.07. The molecule has 0 heterocycles. The molecule has 0 bridgehead atoms. The van der Waals surface area contributed by atoms with Crippen LogP contribution < -0.4 is 16.8 Å². The van der Waals surface area contributed by atoms with E-state index in [0.717, 1.165) is 0 Å². The Bertz CT molecular complexity index is 500. The van der Waals surface area contributed by atoms with Gasteiger partial charge in [-0.1, -0.05) is 19.9 Å². The minimum absolute atomic E-state index is 0.116. The number of nitrogens with one attached hydrogen (secondary N) is 1. The molecule has 0 saturated carbocycles. The standard InChI is InChI=1S/C15H23N3O2/c1-4-15(5-2,9-16)14(20)18-12-8-6-7-11(10(12)3)13(17)19/h6-8H,4-5,9,16H2,1-3H3,(H2,17,19)(H,18,20). The summed E-state index contributed by atoms with van der Waals surface area (Å²) in [6.45, 7) is 5.95. The molecule has 0 aromatic heterocycles. The molecule has 0 unspecified atom stereocenters. The van der Waals surface area contributed by atoms with Gasteiger partial charge in [-0.25, -0.2) is 0 Å². The first kappa shape index (κ1) is 16.2. The first-order valence-corrected chi connectivity index (χ1v) is 6.82. The Hall–Kier alpha value is -1.88. The fraction of sp³-hybridized carbons (Fsp3) is 0.467. The molecule has 20 heavy (non-hydrogen) atoms. The molecular formula is C15H23N3O2. The number of hydrogen-bond acceptors (Lipinski definition) is 3. The van der Waals surface area contributed by atoms with Gasteiger partial charge in [-0.2, -0.15) is 0 Å². The molecule has 5 heteroatoms. The quantitative estimate of drug-likeness (QED) is 0.739. The van der Waals surface area contributed by atoms with Crippen LogP contribution in [0.15, 0.2) is 18.2 Å². The second kappa shape index (κ2) is 6.52. The highest BCUT2D eigenvalue weighted by atomic mass is 16.2. The van der Waals surface area contributed by atoms with Crippen LogP contribution in [0.25, 0.3) is 0 Å². The van der Waals surface area contributed by atoms with E-state index in [2.05, 4.69) is 5.32 Å². The van der Waals surface area contributed by atoms with Crippen molar-refractivity contribution in [3.63, 3.8) is 0 Å². The van der Waals surface area contributed by atoms with Crippen LogP contribution in [-0.2, 0) is 4.79 Å². The lowest BCUT2D eigenvalue weighted by atomic mass is 9.81. The van der Waals surface area contributed by atoms with Crippen LogP contribution in [-0.4, -0.2) is 18.4 Å². The maximum atomic E-state index is 12.5. The van der Waals surface area contributed by atoms with Gasteiger partial charge in [0.15, 0.2) is 0 Å². The van der Waals surface area contributed by atoms with E-state index in [1.807, 2.05) is 13.8 Å². The summed E-state index contributed by atoms with van der Waals surface area (Å²) in [7, 11) is 0. The van der Waals surface area contributed by atoms with Gasteiger partial charge in [-0.05, 0) is 37.5 Å². The van der Waals surface area contributed by atoms with Crippen molar-refractivity contribution in [1.29, 1.82) is 0 Å². The van der Waals surface area contributed by atoms with Gasteiger partial charge in [-0.15, -0.1) is 0 Å². The van der Waals surface area contributed by atoms with Crippen molar-refractivity contribution >= 4 is 17.5 Å². The van der Waals surface area contributed by atoms with Crippen LogP contribution in [0.3, 0.4) is 0 Å². The lowest BCUT2D eigenvalue weighted by molar-refractivity contribution is -0.125. The summed E-state index contributed by atoms with van der Waals surface area (Å²) in [4.78, 5) is 23.8. The minimum Gasteiger partial charge on any atom is -0.366 e. The van der Waals surface area contributed by atoms with Gasteiger partial charge in [0.25, 0.3) is 0 Å². The zero-order chi connectivity index (χ0) is 15.3. The molecule has 0 aliphatic heterocycles. The van der Waals surface area contributed by atoms with Gasteiger partial charge in [-0.3, -0.25) is 9.59 Å². The van der Waals surface area contributed by atoms with E-state index >= 15 is 0 Å². The fourth-order valence-electron chi connectivity index (χ4n) is 2.25. The average molecular weight is 277 g/mol. The van der Waals surface area contributed by atoms with Crippen molar-refractivity contribution < 1.29 is 9.59 Å². The summed E-state index contributed by atoms with van der Waals surface area (Å²) < 4.78 is 0. The summed E-state index contributed by atoms with van der Waals surface area (Å²) in [6, 6.07) is 5.10. The predicted octanol–water partition coefficient (Wildman–Crippen LogP) is 1.80. The smallest absolute Gasteiger partial charge is 0.249 e. The summed E-state index contributed by atoms with van der Waals surface area (Å²) >= 11 is 0. The molecular weight excluding hydrogens is 254 g/mol. The first-order valence-electron chi connectivity index (χ1n) is 6.82. The lowest BCUT2D eigenvalue weighted by Crippen LogP contribution is -2.41. The molecule has 5 nitrogen and oxygen atoms in total. The SMILES string of the molecule is CCC(CC)(CN)C(=O)Nc1cccc(C(N)=O)c1C. The Kier molecular flexibility index (Phi) is 5.27. The van der Waals surface area contributed by atoms with E-state index < -0.39 is 11.3 Å². The van der Waals surface area contributed by atoms with Crippen LogP contribution >= 0.6 is 0 Å². The summed E-state index contributed by atoms with van der Waals surface area (Å²) in [6.07, 6.45) is 1.33. The fourth-order valence-corrected chi connectivity index (χ4v) is 2.25. The average Bonchev–Trinajstić information content (AvgIpc) is 2.43. The second-order valence-corrected chi connectivity index (χ2v) is 4.99. The van der Waals surface area contributed by atoms with Crippen molar-refractivity contribution in [2.24, 2.45) is 16.9 Å². The second-order valence-electron chi connectivity index (χ2n) is 4.99. The number of carbonyl (C=O) groups is 2. The first-order chi connectivity index (χ1) is 9.41. The minimum atomic E-state index is -0.574. The summed E-state index contributed by atoms with van der Waals surface area (Å²) in [5.41, 5.74) is 12.2. The van der Waals surface area contributed by atoms with Gasteiger partial charge < -0.3 is 16.8 Å². The molecule has 0 fully saturated rings. The normalized spacial score (nSPS) is 11.2. The Balaban J connectivity index is 3.08. The summed E-state index contributed by atoms with van der Waals surface area (Å²) in [5.74, 6) is -0.621. The largest absolute Gasteiger partial charge is 0.366 e. The Labute approximate surface area is 119 Å². The number of carbonyl (C=O) groups excluding carboxylic acids is 2. The highest BCUT2D eigenvalue weighted by Crippen LogP contribution is 2.28. The van der Waals surface area contributed by atoms with Crippen molar-refractivity contribution in [3.05, 3.63) is 29.3 Å². The zero-order valence-electron chi connectivity index (χ0n) is 12.3. The number of rotatable bonds is 6. The predicted molar refractivity (Wildman–Crippen MR) is 80.4 cm³/mol. The monoisotopic (exact) mass is 277 g/mol. The third kappa shape index (κ3) is 2.99. The molecule has 1 aromatic rings. The maximum absolute atomic E-state index is 12.5. The maximum Gasteiger partial charge on any atom is 0.249 e. The molecule has 0 spiro atoms. The van der Waals surface area contributed by atoms with Gasteiger partial charge >= 0.3 is 0 Å². The van der Waals surface area contributed by atoms with Crippen LogP contribution in [0.5, 0.6) is 0 Å². The van der Waals surface area contributed by atoms with Crippen LogP contribution in [0, 0.1) is 12.3 Å². The van der Waals surface area contributed by atoms with Crippen LogP contribution in [0.1, 0.15) is 42.6 Å². The van der Waals surface area contributed by atoms with Gasteiger partial charge in [0.05, 0.1) is 5.41 Å². The molecule has 110 valence electrons. The number of primary amides is 1. The molecule has 0 atom stereocenters. The zero-order valence-corrected chi connectivity index (χ0v) is 12.3. The number of anilines is 1. The Morgan fingerprint density at radius 3 is 2.30 bits per heavy atom.